The van der Waals surface area contributed by atoms with Gasteiger partial charge in [0.15, 0.2) is 0 Å². The molecule has 0 radical (unpaired) electrons. The SMILES string of the molecule is COc1cccc(CN2C(=O)N(c3ccc(C4CNNC4)cc3)CC23CCN(C(=O)OCCOCc2ccccc2)CC3)c1. The van der Waals surface area contributed by atoms with Crippen LogP contribution in [0.3, 0.4) is 0 Å². The van der Waals surface area contributed by atoms with Crippen molar-refractivity contribution in [1.82, 2.24) is 20.7 Å². The highest BCUT2D eigenvalue weighted by atomic mass is 16.6. The maximum atomic E-state index is 14.1. The van der Waals surface area contributed by atoms with Crippen LogP contribution >= 0.6 is 0 Å². The molecule has 6 rings (SSSR count). The van der Waals surface area contributed by atoms with E-state index in [9.17, 15) is 9.59 Å². The molecule has 0 aromatic heterocycles. The third-order valence-electron chi connectivity index (χ3n) is 8.98. The number of carbonyl (C=O) groups excluding carboxylic acids is 2. The van der Waals surface area contributed by atoms with E-state index >= 15 is 0 Å². The molecule has 2 N–H and O–H groups in total. The predicted octanol–water partition coefficient (Wildman–Crippen LogP) is 4.52. The lowest BCUT2D eigenvalue weighted by Crippen LogP contribution is -2.55. The summed E-state index contributed by atoms with van der Waals surface area (Å²) in [6, 6.07) is 26.1. The Kier molecular flexibility index (Phi) is 9.30. The highest BCUT2D eigenvalue weighted by Gasteiger charge is 2.51. The smallest absolute Gasteiger partial charge is 0.409 e. The summed E-state index contributed by atoms with van der Waals surface area (Å²) in [5.74, 6) is 1.17. The van der Waals surface area contributed by atoms with Crippen molar-refractivity contribution in [2.45, 2.75) is 37.5 Å². The average Bonchev–Trinajstić information content (AvgIpc) is 3.70. The first-order valence-corrected chi connectivity index (χ1v) is 15.4. The molecule has 1 spiro atoms. The molecule has 232 valence electrons. The molecule has 0 saturated carbocycles. The van der Waals surface area contributed by atoms with Gasteiger partial charge in [0.05, 0.1) is 32.4 Å². The molecule has 3 aliphatic heterocycles. The summed E-state index contributed by atoms with van der Waals surface area (Å²) in [6.07, 6.45) is 0.988. The van der Waals surface area contributed by atoms with Crippen molar-refractivity contribution in [3.05, 3.63) is 95.6 Å². The largest absolute Gasteiger partial charge is 0.497 e. The fourth-order valence-corrected chi connectivity index (χ4v) is 6.39. The zero-order chi connectivity index (χ0) is 30.4. The zero-order valence-corrected chi connectivity index (χ0v) is 25.2. The number of nitrogens with zero attached hydrogens (tertiary/aromatic N) is 3. The molecule has 3 aliphatic rings. The molecule has 3 aromatic carbocycles. The molecule has 0 unspecified atom stereocenters. The van der Waals surface area contributed by atoms with Crippen LogP contribution in [0.15, 0.2) is 78.9 Å². The highest BCUT2D eigenvalue weighted by molar-refractivity contribution is 5.95. The number of piperidine rings is 1. The Morgan fingerprint density at radius 3 is 2.36 bits per heavy atom. The number of benzene rings is 3. The molecule has 3 fully saturated rings. The molecule has 3 aromatic rings. The summed E-state index contributed by atoms with van der Waals surface area (Å²) < 4.78 is 16.6. The Labute approximate surface area is 258 Å². The molecule has 3 heterocycles. The van der Waals surface area contributed by atoms with E-state index in [-0.39, 0.29) is 18.7 Å². The van der Waals surface area contributed by atoms with Crippen LogP contribution in [0.4, 0.5) is 15.3 Å². The molecule has 10 heteroatoms. The Morgan fingerprint density at radius 2 is 1.64 bits per heavy atom. The van der Waals surface area contributed by atoms with Gasteiger partial charge in [-0.1, -0.05) is 54.6 Å². The standard InChI is InChI=1S/C34H41N5O5/c1-42-31-9-5-8-27(20-31)23-39-32(40)38(30-12-10-28(11-13-30)29-21-35-36-22-29)25-34(39)14-16-37(17-15-34)33(41)44-19-18-43-24-26-6-3-2-4-7-26/h2-13,20,29,35-36H,14-19,21-25H2,1H3. The van der Waals surface area contributed by atoms with Crippen LogP contribution in [-0.2, 0) is 22.6 Å². The molecule has 0 bridgehead atoms. The van der Waals surface area contributed by atoms with E-state index in [1.54, 1.807) is 12.0 Å². The number of nitrogens with one attached hydrogen (secondary N) is 2. The third kappa shape index (κ3) is 6.67. The van der Waals surface area contributed by atoms with Gasteiger partial charge in [0.25, 0.3) is 0 Å². The average molecular weight is 600 g/mol. The van der Waals surface area contributed by atoms with Crippen molar-refractivity contribution in [2.75, 3.05) is 57.9 Å². The summed E-state index contributed by atoms with van der Waals surface area (Å²) in [6.45, 7) is 4.85. The van der Waals surface area contributed by atoms with Crippen molar-refractivity contribution >= 4 is 17.8 Å². The lowest BCUT2D eigenvalue weighted by atomic mass is 9.86. The van der Waals surface area contributed by atoms with Crippen LogP contribution < -0.4 is 20.5 Å². The van der Waals surface area contributed by atoms with Crippen LogP contribution in [0.5, 0.6) is 5.75 Å². The number of anilines is 1. The minimum absolute atomic E-state index is 0.0173. The summed E-state index contributed by atoms with van der Waals surface area (Å²) in [5, 5.41) is 0. The first kappa shape index (κ1) is 29.9. The number of ether oxygens (including phenoxy) is 3. The number of methoxy groups -OCH3 is 1. The van der Waals surface area contributed by atoms with Crippen LogP contribution in [0.1, 0.15) is 35.4 Å². The van der Waals surface area contributed by atoms with E-state index in [2.05, 4.69) is 35.1 Å². The molecule has 3 amide bonds. The minimum Gasteiger partial charge on any atom is -0.497 e. The van der Waals surface area contributed by atoms with Gasteiger partial charge in [-0.05, 0) is 53.8 Å². The van der Waals surface area contributed by atoms with Gasteiger partial charge in [-0.25, -0.2) is 9.59 Å². The minimum atomic E-state index is -0.409. The predicted molar refractivity (Wildman–Crippen MR) is 167 cm³/mol. The molecule has 44 heavy (non-hydrogen) atoms. The number of rotatable bonds is 10. The Bertz CT molecular complexity index is 1410. The van der Waals surface area contributed by atoms with Gasteiger partial charge in [0, 0.05) is 44.3 Å². The van der Waals surface area contributed by atoms with Gasteiger partial charge in [0.2, 0.25) is 0 Å². The number of hydrogen-bond donors (Lipinski definition) is 2. The second-order valence-corrected chi connectivity index (χ2v) is 11.7. The second kappa shape index (κ2) is 13.7. The molecular weight excluding hydrogens is 558 g/mol. The van der Waals surface area contributed by atoms with E-state index in [1.165, 1.54) is 5.56 Å². The second-order valence-electron chi connectivity index (χ2n) is 11.7. The summed E-state index contributed by atoms with van der Waals surface area (Å²) >= 11 is 0. The van der Waals surface area contributed by atoms with Gasteiger partial charge in [0.1, 0.15) is 12.4 Å². The van der Waals surface area contributed by atoms with E-state index in [0.717, 1.165) is 35.7 Å². The van der Waals surface area contributed by atoms with E-state index in [4.69, 9.17) is 14.2 Å². The summed E-state index contributed by atoms with van der Waals surface area (Å²) in [4.78, 5) is 32.6. The van der Waals surface area contributed by atoms with E-state index in [0.29, 0.717) is 58.2 Å². The number of hydrazine groups is 1. The van der Waals surface area contributed by atoms with Gasteiger partial charge < -0.3 is 24.0 Å². The molecule has 10 nitrogen and oxygen atoms in total. The highest BCUT2D eigenvalue weighted by Crippen LogP contribution is 2.40. The Hall–Kier alpha value is -4.12. The van der Waals surface area contributed by atoms with Crippen LogP contribution in [-0.4, -0.2) is 80.5 Å². The Morgan fingerprint density at radius 1 is 0.909 bits per heavy atom. The van der Waals surface area contributed by atoms with Crippen molar-refractivity contribution in [3.63, 3.8) is 0 Å². The summed E-state index contributed by atoms with van der Waals surface area (Å²) in [7, 11) is 1.65. The van der Waals surface area contributed by atoms with Crippen molar-refractivity contribution in [1.29, 1.82) is 0 Å². The third-order valence-corrected chi connectivity index (χ3v) is 8.98. The number of hydrogen-bond acceptors (Lipinski definition) is 7. The van der Waals surface area contributed by atoms with Gasteiger partial charge >= 0.3 is 12.1 Å². The fourth-order valence-electron chi connectivity index (χ4n) is 6.39. The Balaban J connectivity index is 1.11. The first-order chi connectivity index (χ1) is 21.5. The van der Waals surface area contributed by atoms with Crippen molar-refractivity contribution in [2.24, 2.45) is 0 Å². The topological polar surface area (TPSA) is 95.6 Å². The zero-order valence-electron chi connectivity index (χ0n) is 25.2. The number of likely N-dealkylation sites (tertiary alicyclic amines) is 1. The van der Waals surface area contributed by atoms with Crippen molar-refractivity contribution in [3.8, 4) is 5.75 Å². The fraction of sp³-hybridized carbons (Fsp3) is 0.412. The number of amides is 3. The lowest BCUT2D eigenvalue weighted by molar-refractivity contribution is 0.0312. The van der Waals surface area contributed by atoms with Gasteiger partial charge in [-0.15, -0.1) is 0 Å². The number of urea groups is 1. The normalized spacial score (nSPS) is 18.3. The molecule has 3 saturated heterocycles. The molecule has 0 atom stereocenters. The first-order valence-electron chi connectivity index (χ1n) is 15.4. The quantitative estimate of drug-likeness (QED) is 0.331. The lowest BCUT2D eigenvalue weighted by Gasteiger charge is -2.43. The van der Waals surface area contributed by atoms with Gasteiger partial charge in [-0.2, -0.15) is 0 Å². The van der Waals surface area contributed by atoms with E-state index < -0.39 is 5.54 Å². The van der Waals surface area contributed by atoms with E-state index in [1.807, 2.05) is 64.4 Å². The number of carbonyl (C=O) groups is 2. The summed E-state index contributed by atoms with van der Waals surface area (Å²) in [5.41, 5.74) is 10.2. The van der Waals surface area contributed by atoms with Crippen molar-refractivity contribution < 1.29 is 23.8 Å². The molecular formula is C34H41N5O5. The maximum Gasteiger partial charge on any atom is 0.409 e. The van der Waals surface area contributed by atoms with Crippen LogP contribution in [0.2, 0.25) is 0 Å². The van der Waals surface area contributed by atoms with Crippen LogP contribution in [0, 0.1) is 0 Å². The monoisotopic (exact) mass is 599 g/mol. The molecule has 0 aliphatic carbocycles. The maximum absolute atomic E-state index is 14.1. The van der Waals surface area contributed by atoms with Crippen LogP contribution in [0.25, 0.3) is 0 Å². The van der Waals surface area contributed by atoms with Gasteiger partial charge in [-0.3, -0.25) is 15.8 Å².